The van der Waals surface area contributed by atoms with Crippen molar-refractivity contribution in [2.45, 2.75) is 40.0 Å². The molecule has 186 valence electrons. The minimum Gasteiger partial charge on any atom is -1.00 e. The van der Waals surface area contributed by atoms with Crippen LogP contribution in [0.25, 0.3) is 0 Å². The fourth-order valence-corrected chi connectivity index (χ4v) is 4.80. The van der Waals surface area contributed by atoms with Crippen molar-refractivity contribution in [1.29, 1.82) is 0 Å². The zero-order valence-corrected chi connectivity index (χ0v) is 23.2. The summed E-state index contributed by atoms with van der Waals surface area (Å²) in [6, 6.07) is 23.9. The zero-order chi connectivity index (χ0) is 23.4. The number of ether oxygens (including phenoxy) is 1. The molecule has 3 nitrogen and oxygen atoms in total. The number of nitrogens with zero attached hydrogens (tertiary/aromatic N) is 2. The van der Waals surface area contributed by atoms with Gasteiger partial charge in [0, 0.05) is 11.1 Å². The topological polar surface area (TPSA) is 9.23 Å². The van der Waals surface area contributed by atoms with E-state index >= 15 is 0 Å². The quantitative estimate of drug-likeness (QED) is 0.370. The fraction of sp³-hybridized carbons (Fsp3) is 0.379. The third kappa shape index (κ3) is 8.02. The Balaban J connectivity index is 0.00000289. The predicted molar refractivity (Wildman–Crippen MR) is 134 cm³/mol. The first-order valence-corrected chi connectivity index (χ1v) is 11.5. The highest BCUT2D eigenvalue weighted by atomic mass is 35.5. The van der Waals surface area contributed by atoms with Crippen molar-refractivity contribution >= 4 is 0 Å². The summed E-state index contributed by atoms with van der Waals surface area (Å²) < 4.78 is 7.87. The number of hydrogen-bond acceptors (Lipinski definition) is 1. The molecule has 0 saturated heterocycles. The van der Waals surface area contributed by atoms with Gasteiger partial charge in [-0.2, -0.15) is 0 Å². The second-order valence-electron chi connectivity index (χ2n) is 10.5. The number of hydrogen-bond donors (Lipinski definition) is 0. The Kier molecular flexibility index (Phi) is 11.1. The minimum absolute atomic E-state index is 0. The summed E-state index contributed by atoms with van der Waals surface area (Å²) in [6.07, 6.45) is 0. The molecule has 0 fully saturated rings. The second-order valence-corrected chi connectivity index (χ2v) is 10.5. The van der Waals surface area contributed by atoms with Crippen molar-refractivity contribution in [3.8, 4) is 5.75 Å². The first-order valence-electron chi connectivity index (χ1n) is 11.5. The molecule has 0 amide bonds. The average Bonchev–Trinajstić information content (AvgIpc) is 2.72. The molecule has 0 saturated carbocycles. The van der Waals surface area contributed by atoms with E-state index in [0.717, 1.165) is 40.9 Å². The zero-order valence-electron chi connectivity index (χ0n) is 21.7. The maximum atomic E-state index is 6.11. The molecule has 0 unspecified atom stereocenters. The highest BCUT2D eigenvalue weighted by Gasteiger charge is 2.27. The smallest absolute Gasteiger partial charge is 0.137 e. The van der Waals surface area contributed by atoms with E-state index in [4.69, 9.17) is 4.74 Å². The normalized spacial score (nSPS) is 11.4. The van der Waals surface area contributed by atoms with Crippen LogP contribution in [-0.4, -0.2) is 44.3 Å². The molecule has 0 aliphatic carbocycles. The Morgan fingerprint density at radius 1 is 0.588 bits per heavy atom. The van der Waals surface area contributed by atoms with E-state index in [1.54, 1.807) is 0 Å². The van der Waals surface area contributed by atoms with Gasteiger partial charge in [0.25, 0.3) is 0 Å². The van der Waals surface area contributed by atoms with Gasteiger partial charge in [0.15, 0.2) is 0 Å². The van der Waals surface area contributed by atoms with Gasteiger partial charge in [-0.15, -0.1) is 0 Å². The molecule has 3 aromatic rings. The van der Waals surface area contributed by atoms with E-state index in [1.165, 1.54) is 33.4 Å². The lowest BCUT2D eigenvalue weighted by atomic mass is 9.96. The molecule has 3 rings (SSSR count). The molecule has 0 aromatic heterocycles. The van der Waals surface area contributed by atoms with Gasteiger partial charge < -0.3 is 38.5 Å². The standard InChI is InChI=1S/C29H40N2O.2ClH/c1-23-18-24(2)28(22-31(5,6)20-26-16-12-9-13-17-26)29(32-7)27(23)21-30(3,4)19-25-14-10-8-11-15-25;;/h8-18H,19-22H2,1-7H3;2*1H/q+2;;/p-2. The summed E-state index contributed by atoms with van der Waals surface area (Å²) in [5, 5.41) is 0. The van der Waals surface area contributed by atoms with Gasteiger partial charge >= 0.3 is 0 Å². The van der Waals surface area contributed by atoms with Crippen LogP contribution in [0.15, 0.2) is 66.7 Å². The third-order valence-corrected chi connectivity index (χ3v) is 6.22. The van der Waals surface area contributed by atoms with E-state index in [-0.39, 0.29) is 24.8 Å². The molecule has 0 aliphatic rings. The van der Waals surface area contributed by atoms with Gasteiger partial charge in [-0.05, 0) is 25.0 Å². The summed E-state index contributed by atoms with van der Waals surface area (Å²) in [5.41, 5.74) is 8.01. The van der Waals surface area contributed by atoms with Crippen molar-refractivity contribution in [3.63, 3.8) is 0 Å². The molecule has 34 heavy (non-hydrogen) atoms. The Morgan fingerprint density at radius 2 is 0.941 bits per heavy atom. The van der Waals surface area contributed by atoms with Crippen LogP contribution in [0, 0.1) is 13.8 Å². The molecular formula is C29H40Cl2N2O. The third-order valence-electron chi connectivity index (χ3n) is 6.22. The Labute approximate surface area is 219 Å². The lowest BCUT2D eigenvalue weighted by Crippen LogP contribution is -3.00. The van der Waals surface area contributed by atoms with Gasteiger partial charge in [-0.3, -0.25) is 0 Å². The first kappa shape index (κ1) is 30.0. The van der Waals surface area contributed by atoms with Crippen LogP contribution >= 0.6 is 0 Å². The SMILES string of the molecule is COc1c(C[N+](C)(C)Cc2ccccc2)c(C)cc(C)c1C[N+](C)(C)Cc1ccccc1.[Cl-].[Cl-]. The molecule has 5 heteroatoms. The van der Waals surface area contributed by atoms with Crippen LogP contribution in [0.4, 0.5) is 0 Å². The molecule has 0 spiro atoms. The largest absolute Gasteiger partial charge is 1.00 e. The maximum Gasteiger partial charge on any atom is 0.137 e. The highest BCUT2D eigenvalue weighted by molar-refractivity contribution is 5.50. The van der Waals surface area contributed by atoms with Crippen LogP contribution in [0.2, 0.25) is 0 Å². The van der Waals surface area contributed by atoms with E-state index in [9.17, 15) is 0 Å². The van der Waals surface area contributed by atoms with Gasteiger partial charge in [0.2, 0.25) is 0 Å². The van der Waals surface area contributed by atoms with Crippen molar-refractivity contribution < 1.29 is 38.5 Å². The van der Waals surface area contributed by atoms with E-state index < -0.39 is 0 Å². The Hall–Kier alpha value is -2.04. The van der Waals surface area contributed by atoms with Crippen LogP contribution < -0.4 is 29.6 Å². The second kappa shape index (κ2) is 12.6. The molecule has 0 radical (unpaired) electrons. The Bertz CT molecular complexity index is 955. The number of halogens is 2. The lowest BCUT2D eigenvalue weighted by Gasteiger charge is -2.34. The van der Waals surface area contributed by atoms with Crippen LogP contribution in [0.5, 0.6) is 5.75 Å². The van der Waals surface area contributed by atoms with Crippen LogP contribution in [-0.2, 0) is 26.2 Å². The molecule has 0 heterocycles. The molecular weight excluding hydrogens is 463 g/mol. The summed E-state index contributed by atoms with van der Waals surface area (Å²) in [4.78, 5) is 0. The minimum atomic E-state index is 0. The summed E-state index contributed by atoms with van der Waals surface area (Å²) >= 11 is 0. The molecule has 0 aliphatic heterocycles. The average molecular weight is 504 g/mol. The van der Waals surface area contributed by atoms with E-state index in [0.29, 0.717) is 0 Å². The van der Waals surface area contributed by atoms with E-state index in [1.807, 2.05) is 7.11 Å². The summed E-state index contributed by atoms with van der Waals surface area (Å²) in [6.45, 7) is 8.29. The van der Waals surface area contributed by atoms with Crippen LogP contribution in [0.1, 0.15) is 33.4 Å². The number of methoxy groups -OCH3 is 1. The molecule has 0 bridgehead atoms. The molecule has 0 atom stereocenters. The number of quaternary nitrogens is 2. The summed E-state index contributed by atoms with van der Waals surface area (Å²) in [7, 11) is 11.1. The number of aryl methyl sites for hydroxylation is 2. The van der Waals surface area contributed by atoms with E-state index in [2.05, 4.69) is 109 Å². The van der Waals surface area contributed by atoms with Crippen molar-refractivity contribution in [2.24, 2.45) is 0 Å². The fourth-order valence-electron chi connectivity index (χ4n) is 4.80. The molecule has 3 aromatic carbocycles. The van der Waals surface area contributed by atoms with Gasteiger partial charge in [-0.1, -0.05) is 66.7 Å². The molecule has 0 N–H and O–H groups in total. The summed E-state index contributed by atoms with van der Waals surface area (Å²) in [5.74, 6) is 1.07. The van der Waals surface area contributed by atoms with Crippen molar-refractivity contribution in [1.82, 2.24) is 0 Å². The maximum absolute atomic E-state index is 6.11. The van der Waals surface area contributed by atoms with Gasteiger partial charge in [0.05, 0.1) is 46.4 Å². The van der Waals surface area contributed by atoms with Crippen molar-refractivity contribution in [3.05, 3.63) is 100 Å². The van der Waals surface area contributed by atoms with Gasteiger partial charge in [0.1, 0.15) is 31.9 Å². The predicted octanol–water partition coefficient (Wildman–Crippen LogP) is -0.127. The number of rotatable bonds is 9. The Morgan fingerprint density at radius 3 is 1.26 bits per heavy atom. The monoisotopic (exact) mass is 502 g/mol. The highest BCUT2D eigenvalue weighted by Crippen LogP contribution is 2.34. The lowest BCUT2D eigenvalue weighted by molar-refractivity contribution is -0.917. The van der Waals surface area contributed by atoms with Crippen molar-refractivity contribution in [2.75, 3.05) is 35.3 Å². The first-order chi connectivity index (χ1) is 15.1. The van der Waals surface area contributed by atoms with Crippen LogP contribution in [0.3, 0.4) is 0 Å². The number of benzene rings is 3. The van der Waals surface area contributed by atoms with Gasteiger partial charge in [-0.25, -0.2) is 0 Å².